The molecule has 0 amide bonds. The highest BCUT2D eigenvalue weighted by molar-refractivity contribution is 7.90. The van der Waals surface area contributed by atoms with Crippen LogP contribution in [0.4, 0.5) is 19.0 Å². The molecule has 7 nitrogen and oxygen atoms in total. The maximum absolute atomic E-state index is 13.2. The van der Waals surface area contributed by atoms with Gasteiger partial charge in [-0.25, -0.2) is 23.4 Å². The molecule has 2 aromatic heterocycles. The summed E-state index contributed by atoms with van der Waals surface area (Å²) in [5, 5.41) is 12.7. The molecule has 2 heterocycles. The molecular formula is C15H17F3N4O3S. The average molecular weight is 390 g/mol. The third-order valence-corrected chi connectivity index (χ3v) is 5.26. The smallest absolute Gasteiger partial charge is 0.388 e. The van der Waals surface area contributed by atoms with Gasteiger partial charge in [0.1, 0.15) is 11.2 Å². The molecule has 11 heteroatoms. The SMILES string of the molecule is C[C@@]1(O)CCC[C@H]1Nc1nc(C(F)(F)F)cc2cnc(S(C)(=O)=O)nc12. The van der Waals surface area contributed by atoms with E-state index >= 15 is 0 Å². The third kappa shape index (κ3) is 3.58. The Hall–Kier alpha value is -2.01. The summed E-state index contributed by atoms with van der Waals surface area (Å²) in [4.78, 5) is 11.1. The Morgan fingerprint density at radius 1 is 1.35 bits per heavy atom. The number of aliphatic hydroxyl groups is 1. The molecule has 0 aromatic carbocycles. The molecule has 2 aromatic rings. The summed E-state index contributed by atoms with van der Waals surface area (Å²) in [7, 11) is -3.75. The number of nitrogens with zero attached hydrogens (tertiary/aromatic N) is 3. The van der Waals surface area contributed by atoms with Crippen LogP contribution >= 0.6 is 0 Å². The van der Waals surface area contributed by atoms with Crippen molar-refractivity contribution in [3.8, 4) is 0 Å². The van der Waals surface area contributed by atoms with Crippen LogP contribution in [0.3, 0.4) is 0 Å². The molecule has 2 N–H and O–H groups in total. The third-order valence-electron chi connectivity index (χ3n) is 4.40. The van der Waals surface area contributed by atoms with Gasteiger partial charge in [-0.2, -0.15) is 13.2 Å². The second kappa shape index (κ2) is 6.02. The van der Waals surface area contributed by atoms with Gasteiger partial charge in [-0.05, 0) is 32.3 Å². The van der Waals surface area contributed by atoms with Crippen molar-refractivity contribution in [2.45, 2.75) is 49.2 Å². The number of aromatic nitrogens is 3. The van der Waals surface area contributed by atoms with Gasteiger partial charge in [-0.3, -0.25) is 0 Å². The van der Waals surface area contributed by atoms with Crippen molar-refractivity contribution in [2.24, 2.45) is 0 Å². The maximum atomic E-state index is 13.2. The van der Waals surface area contributed by atoms with Gasteiger partial charge in [0.25, 0.3) is 0 Å². The monoisotopic (exact) mass is 390 g/mol. The molecular weight excluding hydrogens is 373 g/mol. The van der Waals surface area contributed by atoms with E-state index in [1.807, 2.05) is 0 Å². The van der Waals surface area contributed by atoms with Crippen LogP contribution in [0.25, 0.3) is 10.9 Å². The molecule has 0 aliphatic heterocycles. The average Bonchev–Trinajstić information content (AvgIpc) is 2.83. The first-order valence-electron chi connectivity index (χ1n) is 7.82. The number of hydrogen-bond donors (Lipinski definition) is 2. The lowest BCUT2D eigenvalue weighted by molar-refractivity contribution is -0.141. The van der Waals surface area contributed by atoms with E-state index in [4.69, 9.17) is 0 Å². The van der Waals surface area contributed by atoms with Gasteiger partial charge in [-0.1, -0.05) is 0 Å². The van der Waals surface area contributed by atoms with E-state index in [0.717, 1.165) is 18.5 Å². The Kier molecular flexibility index (Phi) is 4.34. The van der Waals surface area contributed by atoms with Crippen molar-refractivity contribution in [1.29, 1.82) is 0 Å². The van der Waals surface area contributed by atoms with Crippen molar-refractivity contribution < 1.29 is 26.7 Å². The van der Waals surface area contributed by atoms with E-state index in [0.29, 0.717) is 19.3 Å². The molecule has 0 bridgehead atoms. The number of halogens is 3. The topological polar surface area (TPSA) is 105 Å². The first-order chi connectivity index (χ1) is 11.9. The normalized spacial score (nSPS) is 24.2. The summed E-state index contributed by atoms with van der Waals surface area (Å²) in [5.74, 6) is -0.227. The number of alkyl halides is 3. The second-order valence-electron chi connectivity index (χ2n) is 6.66. The standard InChI is InChI=1S/C15H17F3N4O3S/c1-14(23)5-3-4-9(14)20-12-11-8(6-10(21-12)15(16,17)18)7-19-13(22-11)26(2,24)25/h6-7,9,23H,3-5H2,1-2H3,(H,20,21)/t9-,14-/m1/s1. The van der Waals surface area contributed by atoms with Gasteiger partial charge in [-0.15, -0.1) is 0 Å². The Morgan fingerprint density at radius 2 is 2.04 bits per heavy atom. The first-order valence-corrected chi connectivity index (χ1v) is 9.71. The van der Waals surface area contributed by atoms with Crippen molar-refractivity contribution in [3.05, 3.63) is 18.0 Å². The van der Waals surface area contributed by atoms with E-state index in [1.54, 1.807) is 6.92 Å². The minimum atomic E-state index is -4.70. The van der Waals surface area contributed by atoms with E-state index in [9.17, 15) is 26.7 Å². The molecule has 3 rings (SSSR count). The fourth-order valence-electron chi connectivity index (χ4n) is 2.99. The first kappa shape index (κ1) is 18.8. The number of sulfone groups is 1. The zero-order chi connectivity index (χ0) is 19.3. The number of pyridine rings is 1. The molecule has 1 aliphatic carbocycles. The molecule has 1 fully saturated rings. The van der Waals surface area contributed by atoms with Crippen LogP contribution in [-0.2, 0) is 16.0 Å². The highest BCUT2D eigenvalue weighted by Crippen LogP contribution is 2.35. The van der Waals surface area contributed by atoms with Gasteiger partial charge in [0.2, 0.25) is 15.0 Å². The highest BCUT2D eigenvalue weighted by Gasteiger charge is 2.38. The van der Waals surface area contributed by atoms with Crippen LogP contribution in [-0.4, -0.2) is 46.4 Å². The summed E-state index contributed by atoms with van der Waals surface area (Å²) >= 11 is 0. The van der Waals surface area contributed by atoms with Crippen molar-refractivity contribution >= 4 is 26.6 Å². The molecule has 0 saturated heterocycles. The van der Waals surface area contributed by atoms with Crippen molar-refractivity contribution in [3.63, 3.8) is 0 Å². The predicted octanol–water partition coefficient (Wildman–Crippen LogP) is 2.16. The zero-order valence-corrected chi connectivity index (χ0v) is 14.8. The summed E-state index contributed by atoms with van der Waals surface area (Å²) < 4.78 is 62.8. The minimum absolute atomic E-state index is 0.000125. The van der Waals surface area contributed by atoms with Crippen LogP contribution in [0.2, 0.25) is 0 Å². The highest BCUT2D eigenvalue weighted by atomic mass is 32.2. The Labute approximate surface area is 147 Å². The van der Waals surface area contributed by atoms with E-state index in [2.05, 4.69) is 20.3 Å². The molecule has 2 atom stereocenters. The summed E-state index contributed by atoms with van der Waals surface area (Å²) in [6.45, 7) is 1.59. The van der Waals surface area contributed by atoms with Crippen molar-refractivity contribution in [2.75, 3.05) is 11.6 Å². The lowest BCUT2D eigenvalue weighted by Crippen LogP contribution is -2.39. The van der Waals surface area contributed by atoms with Gasteiger partial charge in [0.05, 0.1) is 11.6 Å². The number of fused-ring (bicyclic) bond motifs is 1. The molecule has 26 heavy (non-hydrogen) atoms. The van der Waals surface area contributed by atoms with Gasteiger partial charge >= 0.3 is 6.18 Å². The fraction of sp³-hybridized carbons (Fsp3) is 0.533. The zero-order valence-electron chi connectivity index (χ0n) is 14.0. The molecule has 0 spiro atoms. The van der Waals surface area contributed by atoms with Gasteiger partial charge in [0, 0.05) is 17.8 Å². The molecule has 0 radical (unpaired) electrons. The Bertz CT molecular complexity index is 960. The fourth-order valence-corrected chi connectivity index (χ4v) is 3.49. The number of anilines is 1. The lowest BCUT2D eigenvalue weighted by Gasteiger charge is -2.27. The molecule has 1 saturated carbocycles. The number of hydrogen-bond acceptors (Lipinski definition) is 7. The Morgan fingerprint density at radius 3 is 2.58 bits per heavy atom. The minimum Gasteiger partial charge on any atom is -0.388 e. The van der Waals surface area contributed by atoms with Crippen LogP contribution in [0.5, 0.6) is 0 Å². The van der Waals surface area contributed by atoms with E-state index < -0.39 is 38.5 Å². The van der Waals surface area contributed by atoms with Crippen LogP contribution in [0, 0.1) is 0 Å². The van der Waals surface area contributed by atoms with E-state index in [-0.39, 0.29) is 16.7 Å². The summed E-state index contributed by atoms with van der Waals surface area (Å²) in [6, 6.07) is 0.234. The van der Waals surface area contributed by atoms with Gasteiger partial charge < -0.3 is 10.4 Å². The summed E-state index contributed by atoms with van der Waals surface area (Å²) in [6.07, 6.45) is -1.04. The number of rotatable bonds is 3. The molecule has 142 valence electrons. The summed E-state index contributed by atoms with van der Waals surface area (Å²) in [5.41, 5.74) is -2.31. The number of nitrogens with one attached hydrogen (secondary N) is 1. The second-order valence-corrected chi connectivity index (χ2v) is 8.57. The molecule has 1 aliphatic rings. The van der Waals surface area contributed by atoms with Crippen LogP contribution in [0.1, 0.15) is 31.9 Å². The maximum Gasteiger partial charge on any atom is 0.433 e. The lowest BCUT2D eigenvalue weighted by atomic mass is 10.0. The molecule has 0 unspecified atom stereocenters. The van der Waals surface area contributed by atoms with Gasteiger partial charge in [0.15, 0.2) is 5.82 Å². The van der Waals surface area contributed by atoms with E-state index in [1.165, 1.54) is 0 Å². The quantitative estimate of drug-likeness (QED) is 0.774. The Balaban J connectivity index is 2.18. The predicted molar refractivity (Wildman–Crippen MR) is 87.3 cm³/mol. The van der Waals surface area contributed by atoms with Crippen molar-refractivity contribution in [1.82, 2.24) is 15.0 Å². The van der Waals surface area contributed by atoms with Crippen LogP contribution in [0.15, 0.2) is 17.4 Å². The largest absolute Gasteiger partial charge is 0.433 e. The van der Waals surface area contributed by atoms with Crippen LogP contribution < -0.4 is 5.32 Å².